The maximum Gasteiger partial charge on any atom is 0.315 e. The van der Waals surface area contributed by atoms with Gasteiger partial charge in [0.2, 0.25) is 0 Å². The van der Waals surface area contributed by atoms with E-state index in [-0.39, 0.29) is 32.9 Å². The van der Waals surface area contributed by atoms with Crippen LogP contribution in [0.1, 0.15) is 11.1 Å². The van der Waals surface area contributed by atoms with Gasteiger partial charge in [0, 0.05) is 46.4 Å². The van der Waals surface area contributed by atoms with Crippen LogP contribution in [0.25, 0.3) is 21.8 Å². The van der Waals surface area contributed by atoms with Gasteiger partial charge in [-0.1, -0.05) is 0 Å². The number of carbonyl (C=O) groups is 1. The van der Waals surface area contributed by atoms with E-state index in [1.165, 1.54) is 36.7 Å². The minimum Gasteiger partial charge on any atom is -0.334 e. The second-order valence-corrected chi connectivity index (χ2v) is 6.48. The van der Waals surface area contributed by atoms with Crippen LogP contribution >= 0.6 is 0 Å². The van der Waals surface area contributed by atoms with Crippen LogP contribution in [-0.4, -0.2) is 16.0 Å². The summed E-state index contributed by atoms with van der Waals surface area (Å²) in [5.41, 5.74) is -0.394. The van der Waals surface area contributed by atoms with Crippen molar-refractivity contribution in [3.8, 4) is 0 Å². The fraction of sp³-hybridized carbons (Fsp3) is 0.0952. The van der Waals surface area contributed by atoms with Gasteiger partial charge in [0.05, 0.1) is 24.1 Å². The van der Waals surface area contributed by atoms with Gasteiger partial charge >= 0.3 is 6.03 Å². The molecule has 0 unspecified atom stereocenters. The molecule has 0 saturated heterocycles. The van der Waals surface area contributed by atoms with Gasteiger partial charge in [-0.05, 0) is 24.3 Å². The summed E-state index contributed by atoms with van der Waals surface area (Å²) < 4.78 is 57.4. The monoisotopic (exact) mass is 414 g/mol. The van der Waals surface area contributed by atoms with E-state index in [1.54, 1.807) is 0 Å². The van der Waals surface area contributed by atoms with Crippen LogP contribution in [0.5, 0.6) is 0 Å². The number of fused-ring (bicyclic) bond motifs is 2. The lowest BCUT2D eigenvalue weighted by molar-refractivity contribution is 0.239. The summed E-state index contributed by atoms with van der Waals surface area (Å²) in [6, 6.07) is 7.21. The Morgan fingerprint density at radius 3 is 1.63 bits per heavy atom. The topological polar surface area (TPSA) is 66.9 Å². The lowest BCUT2D eigenvalue weighted by Gasteiger charge is -2.12. The Balaban J connectivity index is 1.47. The number of nitrogens with one attached hydrogen (secondary N) is 2. The first-order valence-corrected chi connectivity index (χ1v) is 8.90. The molecule has 2 amide bonds. The molecule has 152 valence electrons. The second-order valence-electron chi connectivity index (χ2n) is 6.48. The first kappa shape index (κ1) is 19.6. The summed E-state index contributed by atoms with van der Waals surface area (Å²) in [4.78, 5) is 19.8. The van der Waals surface area contributed by atoms with Crippen molar-refractivity contribution in [2.24, 2.45) is 0 Å². The van der Waals surface area contributed by atoms with Crippen LogP contribution < -0.4 is 10.6 Å². The highest BCUT2D eigenvalue weighted by Gasteiger charge is 2.17. The van der Waals surface area contributed by atoms with Crippen molar-refractivity contribution in [3.05, 3.63) is 83.2 Å². The third kappa shape index (κ3) is 3.61. The van der Waals surface area contributed by atoms with Gasteiger partial charge in [0.15, 0.2) is 0 Å². The number of rotatable bonds is 4. The third-order valence-corrected chi connectivity index (χ3v) is 4.63. The number of halogens is 4. The minimum absolute atomic E-state index is 0.116. The zero-order valence-electron chi connectivity index (χ0n) is 15.3. The molecule has 2 heterocycles. The molecule has 2 aromatic heterocycles. The molecule has 2 N–H and O–H groups in total. The molecule has 4 rings (SSSR count). The fourth-order valence-corrected chi connectivity index (χ4v) is 3.11. The number of nitrogens with zero attached hydrogens (tertiary/aromatic N) is 2. The Kier molecular flexibility index (Phi) is 5.18. The summed E-state index contributed by atoms with van der Waals surface area (Å²) >= 11 is 0. The number of pyridine rings is 2. The number of carbonyl (C=O) groups excluding carboxylic acids is 1. The van der Waals surface area contributed by atoms with E-state index in [0.29, 0.717) is 0 Å². The lowest BCUT2D eigenvalue weighted by Crippen LogP contribution is -2.35. The summed E-state index contributed by atoms with van der Waals surface area (Å²) in [6.45, 7) is -0.915. The van der Waals surface area contributed by atoms with Gasteiger partial charge in [0.25, 0.3) is 0 Å². The summed E-state index contributed by atoms with van der Waals surface area (Å²) in [5.74, 6) is -3.40. The van der Waals surface area contributed by atoms with E-state index >= 15 is 0 Å². The van der Waals surface area contributed by atoms with Crippen LogP contribution in [0.3, 0.4) is 0 Å². The van der Waals surface area contributed by atoms with Crippen molar-refractivity contribution >= 4 is 27.8 Å². The Morgan fingerprint density at radius 1 is 0.767 bits per heavy atom. The normalized spacial score (nSPS) is 11.1. The highest BCUT2D eigenvalue weighted by Crippen LogP contribution is 2.23. The van der Waals surface area contributed by atoms with Crippen molar-refractivity contribution in [2.75, 3.05) is 0 Å². The maximum atomic E-state index is 14.5. The van der Waals surface area contributed by atoms with Crippen molar-refractivity contribution in [1.82, 2.24) is 20.6 Å². The Hall–Kier alpha value is -3.75. The Bertz CT molecular complexity index is 1180. The van der Waals surface area contributed by atoms with Gasteiger partial charge in [-0.3, -0.25) is 9.97 Å². The van der Waals surface area contributed by atoms with E-state index in [4.69, 9.17) is 0 Å². The number of amides is 2. The lowest BCUT2D eigenvalue weighted by atomic mass is 10.1. The smallest absolute Gasteiger partial charge is 0.315 e. The third-order valence-electron chi connectivity index (χ3n) is 4.63. The molecule has 4 aromatic rings. The molecule has 2 aromatic carbocycles. The van der Waals surface area contributed by atoms with Crippen LogP contribution in [-0.2, 0) is 13.1 Å². The first-order chi connectivity index (χ1) is 14.5. The number of urea groups is 1. The number of hydrogen-bond donors (Lipinski definition) is 2. The predicted octanol–water partition coefficient (Wildman–Crippen LogP) is 4.34. The van der Waals surface area contributed by atoms with Gasteiger partial charge in [0.1, 0.15) is 23.3 Å². The quantitative estimate of drug-likeness (QED) is 0.489. The van der Waals surface area contributed by atoms with Gasteiger partial charge in [-0.2, -0.15) is 0 Å². The maximum absolute atomic E-state index is 14.5. The van der Waals surface area contributed by atoms with Gasteiger partial charge < -0.3 is 10.6 Å². The Labute approximate surface area is 167 Å². The van der Waals surface area contributed by atoms with Crippen LogP contribution in [0.15, 0.2) is 48.8 Å². The molecule has 0 spiro atoms. The number of aromatic nitrogens is 2. The van der Waals surface area contributed by atoms with Crippen LogP contribution in [0.2, 0.25) is 0 Å². The highest BCUT2D eigenvalue weighted by atomic mass is 19.1. The molecule has 0 aliphatic heterocycles. The molecule has 30 heavy (non-hydrogen) atoms. The van der Waals surface area contributed by atoms with Gasteiger partial charge in [-0.15, -0.1) is 0 Å². The molecule has 0 atom stereocenters. The van der Waals surface area contributed by atoms with E-state index in [9.17, 15) is 22.4 Å². The average molecular weight is 414 g/mol. The largest absolute Gasteiger partial charge is 0.334 e. The fourth-order valence-electron chi connectivity index (χ4n) is 3.11. The Morgan fingerprint density at radius 2 is 1.20 bits per heavy atom. The minimum atomic E-state index is -0.863. The van der Waals surface area contributed by atoms with E-state index in [0.717, 1.165) is 12.1 Å². The second kappa shape index (κ2) is 7.94. The number of hydrogen-bond acceptors (Lipinski definition) is 3. The predicted molar refractivity (Wildman–Crippen MR) is 102 cm³/mol. The molecule has 0 saturated carbocycles. The molecular formula is C21H14F4N4O. The summed E-state index contributed by atoms with van der Waals surface area (Å²) in [6.07, 6.45) is 2.82. The molecule has 5 nitrogen and oxygen atoms in total. The molecule has 0 radical (unpaired) electrons. The highest BCUT2D eigenvalue weighted by molar-refractivity contribution is 5.81. The summed E-state index contributed by atoms with van der Waals surface area (Å²) in [7, 11) is 0. The van der Waals surface area contributed by atoms with Gasteiger partial charge in [-0.25, -0.2) is 22.4 Å². The van der Waals surface area contributed by atoms with Crippen LogP contribution in [0.4, 0.5) is 22.4 Å². The van der Waals surface area contributed by atoms with Crippen LogP contribution in [0, 0.1) is 23.3 Å². The molecule has 0 fully saturated rings. The van der Waals surface area contributed by atoms with Crippen molar-refractivity contribution in [3.63, 3.8) is 0 Å². The molecule has 0 aliphatic carbocycles. The SMILES string of the molecule is O=C(NCc1c(F)cc2ncccc2c1F)NCc1c(F)cc2ncccc2c1F. The van der Waals surface area contributed by atoms with E-state index in [1.807, 2.05) is 0 Å². The zero-order chi connectivity index (χ0) is 21.3. The van der Waals surface area contributed by atoms with E-state index < -0.39 is 42.4 Å². The van der Waals surface area contributed by atoms with Crippen molar-refractivity contribution < 1.29 is 22.4 Å². The summed E-state index contributed by atoms with van der Waals surface area (Å²) in [5, 5.41) is 4.80. The first-order valence-electron chi connectivity index (χ1n) is 8.90. The molecular weight excluding hydrogens is 400 g/mol. The number of benzene rings is 2. The standard InChI is InChI=1S/C21H14F4N4O/c22-15-7-17-11(3-1-5-26-17)19(24)13(15)9-28-21(30)29-10-14-16(23)8-18-12(20(14)25)4-2-6-27-18/h1-8H,9-10H2,(H2,28,29,30). The molecule has 0 bridgehead atoms. The van der Waals surface area contributed by atoms with Crippen molar-refractivity contribution in [1.29, 1.82) is 0 Å². The molecule has 0 aliphatic rings. The average Bonchev–Trinajstić information content (AvgIpc) is 2.73. The molecule has 9 heteroatoms. The van der Waals surface area contributed by atoms with E-state index in [2.05, 4.69) is 20.6 Å². The zero-order valence-corrected chi connectivity index (χ0v) is 15.3. The van der Waals surface area contributed by atoms with Crippen molar-refractivity contribution in [2.45, 2.75) is 13.1 Å².